The summed E-state index contributed by atoms with van der Waals surface area (Å²) in [4.78, 5) is 12.8. The number of rotatable bonds is 9. The van der Waals surface area contributed by atoms with E-state index in [0.29, 0.717) is 23.4 Å². The van der Waals surface area contributed by atoms with Crippen LogP contribution in [0.15, 0.2) is 76.2 Å². The highest BCUT2D eigenvalue weighted by atomic mass is 32.2. The van der Waals surface area contributed by atoms with Crippen LogP contribution < -0.4 is 10.0 Å². The highest BCUT2D eigenvalue weighted by molar-refractivity contribution is 7.89. The zero-order valence-corrected chi connectivity index (χ0v) is 17.9. The fourth-order valence-corrected chi connectivity index (χ4v) is 4.23. The maximum atomic E-state index is 12.8. The van der Waals surface area contributed by atoms with Crippen LogP contribution in [0.25, 0.3) is 0 Å². The minimum atomic E-state index is -3.78. The van der Waals surface area contributed by atoms with Gasteiger partial charge in [-0.25, -0.2) is 13.1 Å². The second kappa shape index (κ2) is 9.73. The third kappa shape index (κ3) is 5.37. The van der Waals surface area contributed by atoms with E-state index in [-0.39, 0.29) is 23.3 Å². The van der Waals surface area contributed by atoms with Crippen molar-refractivity contribution in [2.24, 2.45) is 0 Å². The predicted octanol–water partition coefficient (Wildman–Crippen LogP) is 3.99. The first-order valence-electron chi connectivity index (χ1n) is 9.86. The van der Waals surface area contributed by atoms with Crippen LogP contribution in [0.4, 0.5) is 0 Å². The van der Waals surface area contributed by atoms with Crippen LogP contribution in [0.1, 0.15) is 46.5 Å². The van der Waals surface area contributed by atoms with Crippen molar-refractivity contribution in [3.05, 3.63) is 89.4 Å². The summed E-state index contributed by atoms with van der Waals surface area (Å²) < 4.78 is 32.9. The average Bonchev–Trinajstić information content (AvgIpc) is 3.27. The van der Waals surface area contributed by atoms with Crippen molar-refractivity contribution in [3.8, 4) is 0 Å². The second-order valence-corrected chi connectivity index (χ2v) is 8.87. The number of amides is 1. The zero-order chi connectivity index (χ0) is 21.6. The molecule has 0 aliphatic heterocycles. The number of nitrogens with one attached hydrogen (secondary N) is 2. The molecule has 1 amide bonds. The molecular weight excluding hydrogens is 400 g/mol. The Kier molecular flexibility index (Phi) is 7.07. The van der Waals surface area contributed by atoms with Crippen LogP contribution in [-0.2, 0) is 16.6 Å². The molecular formula is C23H26N2O4S. The average molecular weight is 427 g/mol. The normalized spacial score (nSPS) is 12.5. The fourth-order valence-electron chi connectivity index (χ4n) is 3.21. The molecule has 2 N–H and O–H groups in total. The number of hydrogen-bond acceptors (Lipinski definition) is 4. The fraction of sp³-hybridized carbons (Fsp3) is 0.261. The van der Waals surface area contributed by atoms with E-state index in [1.165, 1.54) is 18.4 Å². The Bertz CT molecular complexity index is 1080. The number of carbonyl (C=O) groups is 1. The summed E-state index contributed by atoms with van der Waals surface area (Å²) >= 11 is 0. The summed E-state index contributed by atoms with van der Waals surface area (Å²) in [5.41, 5.74) is 2.22. The molecule has 7 heteroatoms. The van der Waals surface area contributed by atoms with Gasteiger partial charge in [0.25, 0.3) is 5.91 Å². The van der Waals surface area contributed by atoms with Gasteiger partial charge in [0.15, 0.2) is 0 Å². The molecule has 0 bridgehead atoms. The second-order valence-electron chi connectivity index (χ2n) is 7.11. The zero-order valence-electron chi connectivity index (χ0n) is 17.1. The minimum Gasteiger partial charge on any atom is -0.468 e. The van der Waals surface area contributed by atoms with Crippen molar-refractivity contribution < 1.29 is 17.6 Å². The summed E-state index contributed by atoms with van der Waals surface area (Å²) in [5, 5.41) is 2.95. The van der Waals surface area contributed by atoms with Gasteiger partial charge in [-0.05, 0) is 48.7 Å². The number of sulfonamides is 1. The van der Waals surface area contributed by atoms with Crippen LogP contribution in [0, 0.1) is 6.92 Å². The van der Waals surface area contributed by atoms with Gasteiger partial charge < -0.3 is 9.73 Å². The lowest BCUT2D eigenvalue weighted by atomic mass is 9.96. The summed E-state index contributed by atoms with van der Waals surface area (Å²) in [5.74, 6) is 0.414. The topological polar surface area (TPSA) is 88.4 Å². The van der Waals surface area contributed by atoms with Crippen molar-refractivity contribution in [2.45, 2.75) is 37.6 Å². The van der Waals surface area contributed by atoms with Gasteiger partial charge in [-0.3, -0.25) is 4.79 Å². The van der Waals surface area contributed by atoms with Crippen molar-refractivity contribution in [1.82, 2.24) is 10.0 Å². The number of benzene rings is 2. The molecule has 158 valence electrons. The summed E-state index contributed by atoms with van der Waals surface area (Å²) in [6.07, 6.45) is 2.37. The number of furan rings is 1. The lowest BCUT2D eigenvalue weighted by Crippen LogP contribution is -2.29. The molecule has 3 rings (SSSR count). The van der Waals surface area contributed by atoms with Crippen molar-refractivity contribution >= 4 is 15.9 Å². The van der Waals surface area contributed by atoms with E-state index in [1.54, 1.807) is 25.1 Å². The SMILES string of the molecule is CCC(CNC(=O)c1cc(S(=O)(=O)NCc2ccco2)ccc1C)c1ccccc1. The van der Waals surface area contributed by atoms with Gasteiger partial charge in [0.1, 0.15) is 5.76 Å². The Labute approximate surface area is 177 Å². The molecule has 3 aromatic rings. The standard InChI is InChI=1S/C23H26N2O4S/c1-3-18(19-8-5-4-6-9-19)15-24-23(26)22-14-21(12-11-17(22)2)30(27,28)25-16-20-10-7-13-29-20/h4-14,18,25H,3,15-16H2,1-2H3,(H,24,26). The molecule has 0 spiro atoms. The maximum absolute atomic E-state index is 12.8. The molecule has 0 aliphatic rings. The van der Waals surface area contributed by atoms with Crippen molar-refractivity contribution in [1.29, 1.82) is 0 Å². The third-order valence-electron chi connectivity index (χ3n) is 5.05. The molecule has 6 nitrogen and oxygen atoms in total. The van der Waals surface area contributed by atoms with E-state index in [9.17, 15) is 13.2 Å². The summed E-state index contributed by atoms with van der Waals surface area (Å²) in [7, 11) is -3.78. The highest BCUT2D eigenvalue weighted by Gasteiger charge is 2.19. The van der Waals surface area contributed by atoms with Gasteiger partial charge in [-0.1, -0.05) is 43.3 Å². The van der Waals surface area contributed by atoms with E-state index in [4.69, 9.17) is 4.42 Å². The lowest BCUT2D eigenvalue weighted by molar-refractivity contribution is 0.0950. The third-order valence-corrected chi connectivity index (χ3v) is 6.45. The van der Waals surface area contributed by atoms with Crippen LogP contribution in [0.3, 0.4) is 0 Å². The highest BCUT2D eigenvalue weighted by Crippen LogP contribution is 2.20. The Morgan fingerprint density at radius 3 is 2.50 bits per heavy atom. The molecule has 0 aliphatic carbocycles. The molecule has 1 aromatic heterocycles. The van der Waals surface area contributed by atoms with E-state index in [1.807, 2.05) is 30.3 Å². The largest absolute Gasteiger partial charge is 0.468 e. The molecule has 0 saturated heterocycles. The molecule has 1 heterocycles. The Morgan fingerprint density at radius 1 is 1.07 bits per heavy atom. The van der Waals surface area contributed by atoms with Gasteiger partial charge >= 0.3 is 0 Å². The quantitative estimate of drug-likeness (QED) is 0.541. The first-order valence-corrected chi connectivity index (χ1v) is 11.3. The van der Waals surface area contributed by atoms with Crippen LogP contribution in [-0.4, -0.2) is 20.9 Å². The number of hydrogen-bond donors (Lipinski definition) is 2. The van der Waals surface area contributed by atoms with E-state index in [2.05, 4.69) is 17.0 Å². The van der Waals surface area contributed by atoms with Crippen LogP contribution in [0.2, 0.25) is 0 Å². The van der Waals surface area contributed by atoms with E-state index >= 15 is 0 Å². The van der Waals surface area contributed by atoms with Gasteiger partial charge in [0.05, 0.1) is 17.7 Å². The number of aryl methyl sites for hydroxylation is 1. The molecule has 30 heavy (non-hydrogen) atoms. The lowest BCUT2D eigenvalue weighted by Gasteiger charge is -2.17. The predicted molar refractivity (Wildman–Crippen MR) is 116 cm³/mol. The molecule has 1 atom stereocenters. The van der Waals surface area contributed by atoms with Gasteiger partial charge in [0, 0.05) is 18.0 Å². The minimum absolute atomic E-state index is 0.0416. The first-order chi connectivity index (χ1) is 14.4. The Balaban J connectivity index is 1.71. The summed E-state index contributed by atoms with van der Waals surface area (Å²) in [6.45, 7) is 4.38. The van der Waals surface area contributed by atoms with Crippen molar-refractivity contribution in [3.63, 3.8) is 0 Å². The van der Waals surface area contributed by atoms with Crippen molar-refractivity contribution in [2.75, 3.05) is 6.54 Å². The van der Waals surface area contributed by atoms with Gasteiger partial charge in [-0.2, -0.15) is 0 Å². The van der Waals surface area contributed by atoms with E-state index < -0.39 is 10.0 Å². The molecule has 0 saturated carbocycles. The van der Waals surface area contributed by atoms with Gasteiger partial charge in [0.2, 0.25) is 10.0 Å². The summed E-state index contributed by atoms with van der Waals surface area (Å²) in [6, 6.07) is 17.9. The monoisotopic (exact) mass is 426 g/mol. The Morgan fingerprint density at radius 2 is 1.83 bits per heavy atom. The number of carbonyl (C=O) groups excluding carboxylic acids is 1. The Hall–Kier alpha value is -2.90. The molecule has 2 aromatic carbocycles. The maximum Gasteiger partial charge on any atom is 0.251 e. The molecule has 1 unspecified atom stereocenters. The molecule has 0 fully saturated rings. The van der Waals surface area contributed by atoms with Crippen LogP contribution >= 0.6 is 0 Å². The van der Waals surface area contributed by atoms with Gasteiger partial charge in [-0.15, -0.1) is 0 Å². The molecule has 0 radical (unpaired) electrons. The smallest absolute Gasteiger partial charge is 0.251 e. The van der Waals surface area contributed by atoms with E-state index in [0.717, 1.165) is 12.0 Å². The first kappa shape index (κ1) is 21.8. The van der Waals surface area contributed by atoms with Crippen LogP contribution in [0.5, 0.6) is 0 Å².